The van der Waals surface area contributed by atoms with Crippen LogP contribution in [0.25, 0.3) is 0 Å². The van der Waals surface area contributed by atoms with Gasteiger partial charge in [-0.2, -0.15) is 0 Å². The van der Waals surface area contributed by atoms with Crippen LogP contribution in [-0.4, -0.2) is 170 Å². The number of carbonyl (C=O) groups is 3. The molecule has 0 aromatic heterocycles. The molecule has 19 nitrogen and oxygen atoms in total. The number of carbonyl (C=O) groups excluding carboxylic acids is 2. The van der Waals surface area contributed by atoms with E-state index < -0.39 is 96.8 Å². The van der Waals surface area contributed by atoms with Crippen molar-refractivity contribution in [1.82, 2.24) is 5.32 Å². The van der Waals surface area contributed by atoms with E-state index in [0.717, 1.165) is 32.1 Å². The molecule has 0 rings (SSSR count). The van der Waals surface area contributed by atoms with Gasteiger partial charge in [-0.05, 0) is 71.1 Å². The number of Topliss-reactive ketones (excluding diaryl/α,β-unsaturated/α-hetero) is 1. The van der Waals surface area contributed by atoms with Crippen LogP contribution in [0.4, 0.5) is 0 Å². The molecule has 0 radical (unpaired) electrons. The molecular weight excluding hydrogens is 1100 g/mol. The molecule has 0 aromatic rings. The average molecular weight is 1210 g/mol. The monoisotopic (exact) mass is 1210 g/mol. The highest BCUT2D eigenvalue weighted by Gasteiger charge is 2.28. The zero-order chi connectivity index (χ0) is 64.7. The topological polar surface area (TPSA) is 365 Å². The summed E-state index contributed by atoms with van der Waals surface area (Å²) in [5.74, 6) is -3.32. The number of rotatable bonds is 47. The van der Waals surface area contributed by atoms with Crippen molar-refractivity contribution in [2.75, 3.05) is 6.54 Å². The number of aliphatic carboxylic acids is 1. The number of aliphatic imine (C=N–C) groups is 1. The van der Waals surface area contributed by atoms with Crippen LogP contribution in [0.5, 0.6) is 0 Å². The first-order valence-corrected chi connectivity index (χ1v) is 30.1. The molecule has 15 unspecified atom stereocenters. The summed E-state index contributed by atoms with van der Waals surface area (Å²) in [5, 5.41) is 137. The summed E-state index contributed by atoms with van der Waals surface area (Å²) >= 11 is 0. The second-order valence-corrected chi connectivity index (χ2v) is 21.7. The number of guanidine groups is 1. The predicted molar refractivity (Wildman–Crippen MR) is 340 cm³/mol. The number of ketones is 1. The Balaban J connectivity index is 4.54. The van der Waals surface area contributed by atoms with E-state index in [-0.39, 0.29) is 74.7 Å². The van der Waals surface area contributed by atoms with Crippen LogP contribution >= 0.6 is 0 Å². The molecule has 0 aliphatic carbocycles. The fourth-order valence-electron chi connectivity index (χ4n) is 8.25. The molecule has 0 aromatic carbocycles. The Bertz CT molecular complexity index is 2300. The van der Waals surface area contributed by atoms with Crippen LogP contribution in [0.1, 0.15) is 137 Å². The fraction of sp³-hybridized carbons (Fsp3) is 0.552. The van der Waals surface area contributed by atoms with Gasteiger partial charge in [0.05, 0.1) is 67.1 Å². The quantitative estimate of drug-likeness (QED) is 0.00806. The lowest BCUT2D eigenvalue weighted by atomic mass is 9.88. The normalized spacial score (nSPS) is 18.9. The first kappa shape index (κ1) is 80.2. The number of unbranched alkanes of at least 4 members (excludes halogenated alkanes) is 3. The molecule has 0 saturated carbocycles. The van der Waals surface area contributed by atoms with Gasteiger partial charge in [-0.3, -0.25) is 19.9 Å². The summed E-state index contributed by atoms with van der Waals surface area (Å²) in [6.07, 6.45) is 34.6. The Morgan fingerprint density at radius 2 is 0.988 bits per heavy atom. The van der Waals surface area contributed by atoms with Crippen LogP contribution in [0.15, 0.2) is 162 Å². The van der Waals surface area contributed by atoms with Crippen molar-refractivity contribution in [2.24, 2.45) is 28.5 Å². The number of carboxylic acid groups (broad SMARTS) is 1. The molecule has 86 heavy (non-hydrogen) atoms. The predicted octanol–water partition coefficient (Wildman–Crippen LogP) is 6.19. The van der Waals surface area contributed by atoms with Crippen LogP contribution < -0.4 is 11.1 Å². The van der Waals surface area contributed by atoms with Crippen molar-refractivity contribution < 1.29 is 80.8 Å². The smallest absolute Gasteiger partial charge is 0.331 e. The van der Waals surface area contributed by atoms with Gasteiger partial charge in [-0.25, -0.2) is 4.79 Å². The van der Waals surface area contributed by atoms with Gasteiger partial charge >= 0.3 is 5.97 Å². The highest BCUT2D eigenvalue weighted by atomic mass is 16.4. The Hall–Kier alpha value is -5.78. The van der Waals surface area contributed by atoms with E-state index in [4.69, 9.17) is 10.8 Å². The third-order valence-corrected chi connectivity index (χ3v) is 13.6. The van der Waals surface area contributed by atoms with Crippen LogP contribution in [0, 0.1) is 17.8 Å². The number of amides is 1. The third kappa shape index (κ3) is 43.8. The van der Waals surface area contributed by atoms with E-state index >= 15 is 0 Å². The zero-order valence-electron chi connectivity index (χ0n) is 51.2. The summed E-state index contributed by atoms with van der Waals surface area (Å²) in [6.45, 7) is 9.02. The van der Waals surface area contributed by atoms with E-state index in [0.29, 0.717) is 25.8 Å². The zero-order valence-corrected chi connectivity index (χ0v) is 51.2. The Morgan fingerprint density at radius 3 is 1.53 bits per heavy atom. The van der Waals surface area contributed by atoms with Gasteiger partial charge in [0, 0.05) is 55.6 Å². The summed E-state index contributed by atoms with van der Waals surface area (Å²) in [4.78, 5) is 39.5. The van der Waals surface area contributed by atoms with Gasteiger partial charge in [0.1, 0.15) is 6.10 Å². The first-order valence-electron chi connectivity index (χ1n) is 30.1. The number of hydrogen-bond donors (Lipinski definition) is 15. The van der Waals surface area contributed by atoms with E-state index in [1.165, 1.54) is 56.4 Å². The lowest BCUT2D eigenvalue weighted by molar-refractivity contribution is -0.134. The molecule has 0 bridgehead atoms. The molecule has 0 saturated heterocycles. The summed E-state index contributed by atoms with van der Waals surface area (Å²) in [5.41, 5.74) is 6.00. The van der Waals surface area contributed by atoms with E-state index in [2.05, 4.69) is 10.3 Å². The van der Waals surface area contributed by atoms with Crippen molar-refractivity contribution in [3.63, 3.8) is 0 Å². The van der Waals surface area contributed by atoms with Crippen molar-refractivity contribution in [2.45, 2.75) is 211 Å². The maximum Gasteiger partial charge on any atom is 0.331 e. The second kappa shape index (κ2) is 50.2. The van der Waals surface area contributed by atoms with E-state index in [9.17, 15) is 75.7 Å². The molecule has 0 spiro atoms. The Labute approximate surface area is 510 Å². The highest BCUT2D eigenvalue weighted by Crippen LogP contribution is 2.20. The SMILES string of the molecule is CCCCCC(=O)NC(N)=NCCCC(O)CC(O)C/C=C/C(O)CC(O)C/C=C/C(O)CC(O)CC(O)C/C=C/C(O)CC(O)C(=O)C(C)C(O)\C=C/C=C/C=C/C=C/C=C/C=C/C(O)C(C)C(O)C(C)/C=C/CC/C=C/C=C/C=C(\C)C(=O)O. The number of nitrogens with one attached hydrogen (secondary N) is 1. The molecular formula is C67H105N3O16. The standard InChI is InChI=1S/C67H105N3O16/c1-6-7-21-41-63(82)70-67(68)69-42-29-38-57(76)44-54(73)33-26-32-52(71)43-53(72)34-27-35-55(74)45-59(78)46-56(75)36-28-37-58(77)47-62(81)65(84)51(5)61(80)40-25-20-16-11-9-8-10-15-19-24-39-60(79)50(4)64(83)48(2)30-22-17-13-12-14-18-23-31-49(3)66(85)86/h8-12,14-16,18-20,22-28,30-32,35,37,39-40,48,50-62,64,71-81,83H,6-7,13,17,21,29,33-34,36,38,41-47H2,1-5H3,(H,85,86)(H3,68,69,70,82)/b10-8+,11-9+,14-12+,19-15+,20-16+,23-18+,30-22+,32-26+,35-27+,37-28+,39-24+,40-25-,49-31+. The number of nitrogens with zero attached hydrogens (tertiary/aromatic N) is 1. The lowest BCUT2D eigenvalue weighted by Crippen LogP contribution is -2.36. The van der Waals surface area contributed by atoms with Crippen molar-refractivity contribution in [3.05, 3.63) is 157 Å². The number of nitrogens with two attached hydrogens (primary N) is 1. The Kier molecular flexibility index (Phi) is 46.9. The first-order chi connectivity index (χ1) is 40.9. The fourth-order valence-corrected chi connectivity index (χ4v) is 8.25. The van der Waals surface area contributed by atoms with Gasteiger partial charge in [0.15, 0.2) is 11.7 Å². The molecule has 19 heteroatoms. The number of allylic oxidation sites excluding steroid dienone is 16. The second-order valence-electron chi connectivity index (χ2n) is 21.7. The Morgan fingerprint density at radius 1 is 0.512 bits per heavy atom. The molecule has 1 amide bonds. The molecule has 0 aliphatic rings. The maximum atomic E-state index is 12.8. The van der Waals surface area contributed by atoms with Crippen molar-refractivity contribution >= 4 is 23.6 Å². The van der Waals surface area contributed by atoms with Crippen LogP contribution in [0.3, 0.4) is 0 Å². The minimum absolute atomic E-state index is 0.0179. The van der Waals surface area contributed by atoms with Crippen LogP contribution in [0.2, 0.25) is 0 Å². The number of aliphatic hydroxyl groups is 12. The molecule has 0 aliphatic heterocycles. The number of carboxylic acids is 1. The largest absolute Gasteiger partial charge is 0.478 e. The molecule has 16 N–H and O–H groups in total. The molecule has 484 valence electrons. The molecule has 15 atom stereocenters. The minimum Gasteiger partial charge on any atom is -0.478 e. The van der Waals surface area contributed by atoms with Gasteiger partial charge in [-0.1, -0.05) is 192 Å². The summed E-state index contributed by atoms with van der Waals surface area (Å²) in [6, 6.07) is 0. The van der Waals surface area contributed by atoms with Gasteiger partial charge in [-0.15, -0.1) is 0 Å². The minimum atomic E-state index is -1.57. The van der Waals surface area contributed by atoms with E-state index in [1.807, 2.05) is 38.2 Å². The van der Waals surface area contributed by atoms with Gasteiger partial charge < -0.3 is 72.1 Å². The number of aliphatic hydroxyl groups excluding tert-OH is 12. The third-order valence-electron chi connectivity index (χ3n) is 13.6. The molecule has 0 fully saturated rings. The summed E-state index contributed by atoms with van der Waals surface area (Å²) in [7, 11) is 0. The highest BCUT2D eigenvalue weighted by molar-refractivity contribution is 5.96. The van der Waals surface area contributed by atoms with E-state index in [1.54, 1.807) is 92.0 Å². The van der Waals surface area contributed by atoms with Crippen molar-refractivity contribution in [1.29, 1.82) is 0 Å². The molecule has 0 heterocycles. The van der Waals surface area contributed by atoms with Gasteiger partial charge in [0.25, 0.3) is 0 Å². The maximum absolute atomic E-state index is 12.8. The van der Waals surface area contributed by atoms with Crippen LogP contribution in [-0.2, 0) is 14.4 Å². The lowest BCUT2D eigenvalue weighted by Gasteiger charge is -2.25. The van der Waals surface area contributed by atoms with Crippen molar-refractivity contribution in [3.8, 4) is 0 Å². The average Bonchev–Trinajstić information content (AvgIpc) is 3.66. The number of hydrogen-bond acceptors (Lipinski definition) is 16. The van der Waals surface area contributed by atoms with Gasteiger partial charge in [0.2, 0.25) is 5.91 Å². The summed E-state index contributed by atoms with van der Waals surface area (Å²) < 4.78 is 0.